The minimum Gasteiger partial charge on any atom is -0.350 e. The van der Waals surface area contributed by atoms with E-state index >= 15 is 0 Å². The van der Waals surface area contributed by atoms with E-state index in [0.717, 1.165) is 4.88 Å². The van der Waals surface area contributed by atoms with E-state index in [-0.39, 0.29) is 10.8 Å². The van der Waals surface area contributed by atoms with E-state index in [4.69, 9.17) is 11.6 Å². The fraction of sp³-hybridized carbons (Fsp3) is 0.125. The largest absolute Gasteiger partial charge is 0.350 e. The molecule has 0 radical (unpaired) electrons. The van der Waals surface area contributed by atoms with Crippen molar-refractivity contribution in [3.05, 3.63) is 57.5 Å². The Labute approximate surface area is 141 Å². The van der Waals surface area contributed by atoms with E-state index in [2.05, 4.69) is 15.3 Å². The first-order valence-corrected chi connectivity index (χ1v) is 8.06. The van der Waals surface area contributed by atoms with Gasteiger partial charge in [-0.15, -0.1) is 11.3 Å². The van der Waals surface area contributed by atoms with Gasteiger partial charge in [-0.3, -0.25) is 4.79 Å². The molecule has 1 unspecified atom stereocenters. The first kappa shape index (κ1) is 15.4. The molecule has 3 aromatic rings. The number of halogens is 1. The smallest absolute Gasteiger partial charge is 0.243 e. The molecule has 1 amide bonds. The van der Waals surface area contributed by atoms with Gasteiger partial charge < -0.3 is 5.32 Å². The number of carbonyl (C=O) groups is 1. The highest BCUT2D eigenvalue weighted by atomic mass is 35.5. The molecule has 1 aromatic carbocycles. The standard InChI is InChI=1S/C16H11ClN4OS/c17-15-14(20-12-5-1-2-6-13(12)21-15)11(8-18)16(22)19-9-10-4-3-7-23-10/h1-7,11H,9H2,(H,19,22). The lowest BCUT2D eigenvalue weighted by Gasteiger charge is -2.11. The molecular weight excluding hydrogens is 332 g/mol. The summed E-state index contributed by atoms with van der Waals surface area (Å²) in [7, 11) is 0. The number of nitriles is 1. The number of hydrogen-bond donors (Lipinski definition) is 1. The van der Waals surface area contributed by atoms with Crippen molar-refractivity contribution in [1.29, 1.82) is 5.26 Å². The molecule has 5 nitrogen and oxygen atoms in total. The molecule has 3 rings (SSSR count). The number of amides is 1. The third-order valence-corrected chi connectivity index (χ3v) is 4.39. The van der Waals surface area contributed by atoms with E-state index in [9.17, 15) is 10.1 Å². The Morgan fingerprint density at radius 1 is 1.26 bits per heavy atom. The molecule has 0 spiro atoms. The summed E-state index contributed by atoms with van der Waals surface area (Å²) >= 11 is 7.65. The van der Waals surface area contributed by atoms with Crippen LogP contribution in [0.5, 0.6) is 0 Å². The number of aromatic nitrogens is 2. The Kier molecular flexibility index (Phi) is 4.51. The second kappa shape index (κ2) is 6.73. The maximum absolute atomic E-state index is 12.3. The molecule has 0 aliphatic rings. The number of fused-ring (bicyclic) bond motifs is 1. The van der Waals surface area contributed by atoms with Crippen LogP contribution in [-0.2, 0) is 11.3 Å². The van der Waals surface area contributed by atoms with Gasteiger partial charge in [0.05, 0.1) is 23.6 Å². The molecule has 114 valence electrons. The van der Waals surface area contributed by atoms with Crippen LogP contribution in [0, 0.1) is 11.3 Å². The second-order valence-corrected chi connectivity index (χ2v) is 6.14. The lowest BCUT2D eigenvalue weighted by molar-refractivity contribution is -0.121. The van der Waals surface area contributed by atoms with Gasteiger partial charge in [0.15, 0.2) is 11.1 Å². The van der Waals surface area contributed by atoms with Crippen LogP contribution in [-0.4, -0.2) is 15.9 Å². The predicted molar refractivity (Wildman–Crippen MR) is 89.1 cm³/mol. The van der Waals surface area contributed by atoms with Crippen LogP contribution >= 0.6 is 22.9 Å². The zero-order chi connectivity index (χ0) is 16.2. The van der Waals surface area contributed by atoms with E-state index in [1.807, 2.05) is 35.7 Å². The minimum atomic E-state index is -1.10. The molecule has 0 bridgehead atoms. The van der Waals surface area contributed by atoms with Gasteiger partial charge in [-0.25, -0.2) is 9.97 Å². The highest BCUT2D eigenvalue weighted by Gasteiger charge is 2.25. The molecule has 1 N–H and O–H groups in total. The van der Waals surface area contributed by atoms with Crippen LogP contribution in [0.1, 0.15) is 16.5 Å². The van der Waals surface area contributed by atoms with Crippen molar-refractivity contribution in [3.63, 3.8) is 0 Å². The maximum atomic E-state index is 12.3. The van der Waals surface area contributed by atoms with E-state index < -0.39 is 11.8 Å². The SMILES string of the molecule is N#CC(C(=O)NCc1cccs1)c1nc2ccccc2nc1Cl. The van der Waals surface area contributed by atoms with Gasteiger partial charge in [-0.2, -0.15) is 5.26 Å². The van der Waals surface area contributed by atoms with Crippen molar-refractivity contribution in [2.24, 2.45) is 0 Å². The Morgan fingerprint density at radius 3 is 2.65 bits per heavy atom. The topological polar surface area (TPSA) is 78.7 Å². The normalized spacial score (nSPS) is 11.8. The van der Waals surface area contributed by atoms with Crippen LogP contribution in [0.25, 0.3) is 11.0 Å². The highest BCUT2D eigenvalue weighted by Crippen LogP contribution is 2.24. The zero-order valence-electron chi connectivity index (χ0n) is 11.9. The maximum Gasteiger partial charge on any atom is 0.243 e. The fourth-order valence-corrected chi connectivity index (χ4v) is 3.00. The molecular formula is C16H11ClN4OS. The molecule has 0 saturated heterocycles. The van der Waals surface area contributed by atoms with Crippen molar-refractivity contribution in [2.45, 2.75) is 12.5 Å². The molecule has 2 heterocycles. The van der Waals surface area contributed by atoms with E-state index in [1.54, 1.807) is 12.1 Å². The van der Waals surface area contributed by atoms with Crippen molar-refractivity contribution in [1.82, 2.24) is 15.3 Å². The van der Waals surface area contributed by atoms with Crippen LogP contribution in [0.2, 0.25) is 5.15 Å². The number of thiophene rings is 1. The molecule has 7 heteroatoms. The predicted octanol–water partition coefficient (Wildman–Crippen LogP) is 3.27. The minimum absolute atomic E-state index is 0.0709. The molecule has 2 aromatic heterocycles. The van der Waals surface area contributed by atoms with Crippen molar-refractivity contribution < 1.29 is 4.79 Å². The summed E-state index contributed by atoms with van der Waals surface area (Å²) in [4.78, 5) is 21.9. The van der Waals surface area contributed by atoms with Gasteiger partial charge in [0.2, 0.25) is 5.91 Å². The zero-order valence-corrected chi connectivity index (χ0v) is 13.4. The second-order valence-electron chi connectivity index (χ2n) is 4.75. The third kappa shape index (κ3) is 3.31. The molecule has 0 aliphatic heterocycles. The number of nitrogens with zero attached hydrogens (tertiary/aromatic N) is 3. The summed E-state index contributed by atoms with van der Waals surface area (Å²) < 4.78 is 0. The van der Waals surface area contributed by atoms with Crippen LogP contribution in [0.3, 0.4) is 0 Å². The van der Waals surface area contributed by atoms with Crippen molar-refractivity contribution in [3.8, 4) is 6.07 Å². The number of carbonyl (C=O) groups excluding carboxylic acids is 1. The first-order chi connectivity index (χ1) is 11.2. The quantitative estimate of drug-likeness (QED) is 0.789. The number of rotatable bonds is 4. The Morgan fingerprint density at radius 2 is 2.00 bits per heavy atom. The highest BCUT2D eigenvalue weighted by molar-refractivity contribution is 7.09. The molecule has 0 saturated carbocycles. The van der Waals surface area contributed by atoms with Crippen molar-refractivity contribution >= 4 is 39.9 Å². The summed E-state index contributed by atoms with van der Waals surface area (Å²) in [6.45, 7) is 0.368. The summed E-state index contributed by atoms with van der Waals surface area (Å²) in [5.74, 6) is -1.54. The summed E-state index contributed by atoms with van der Waals surface area (Å²) in [5.41, 5.74) is 1.40. The van der Waals surface area contributed by atoms with Gasteiger partial charge in [0, 0.05) is 4.88 Å². The number of nitrogens with one attached hydrogen (secondary N) is 1. The van der Waals surface area contributed by atoms with E-state index in [1.165, 1.54) is 11.3 Å². The van der Waals surface area contributed by atoms with Gasteiger partial charge in [0.1, 0.15) is 5.69 Å². The molecule has 23 heavy (non-hydrogen) atoms. The lowest BCUT2D eigenvalue weighted by Crippen LogP contribution is -2.28. The summed E-state index contributed by atoms with van der Waals surface area (Å²) in [5, 5.41) is 14.1. The van der Waals surface area contributed by atoms with Crippen LogP contribution < -0.4 is 5.32 Å². The Balaban J connectivity index is 1.86. The first-order valence-electron chi connectivity index (χ1n) is 6.81. The average molecular weight is 343 g/mol. The summed E-state index contributed by atoms with van der Waals surface area (Å²) in [6.07, 6.45) is 0. The van der Waals surface area contributed by atoms with Gasteiger partial charge in [-0.1, -0.05) is 29.8 Å². The van der Waals surface area contributed by atoms with Gasteiger partial charge >= 0.3 is 0 Å². The third-order valence-electron chi connectivity index (χ3n) is 3.23. The average Bonchev–Trinajstić information content (AvgIpc) is 3.07. The molecule has 0 fully saturated rings. The Bertz CT molecular complexity index is 889. The molecule has 1 atom stereocenters. The van der Waals surface area contributed by atoms with Crippen LogP contribution in [0.15, 0.2) is 41.8 Å². The number of hydrogen-bond acceptors (Lipinski definition) is 5. The molecule has 0 aliphatic carbocycles. The number of benzene rings is 1. The monoisotopic (exact) mass is 342 g/mol. The van der Waals surface area contributed by atoms with Gasteiger partial charge in [0.25, 0.3) is 0 Å². The number of para-hydroxylation sites is 2. The fourth-order valence-electron chi connectivity index (χ4n) is 2.11. The van der Waals surface area contributed by atoms with Crippen LogP contribution in [0.4, 0.5) is 0 Å². The lowest BCUT2D eigenvalue weighted by atomic mass is 10.1. The summed E-state index contributed by atoms with van der Waals surface area (Å²) in [6, 6.07) is 12.9. The van der Waals surface area contributed by atoms with Crippen molar-refractivity contribution in [2.75, 3.05) is 0 Å². The van der Waals surface area contributed by atoms with E-state index in [0.29, 0.717) is 17.6 Å². The Hall–Kier alpha value is -2.49. The van der Waals surface area contributed by atoms with Gasteiger partial charge in [-0.05, 0) is 23.6 Å².